The van der Waals surface area contributed by atoms with Crippen molar-refractivity contribution in [1.29, 1.82) is 0 Å². The van der Waals surface area contributed by atoms with Crippen LogP contribution in [0.15, 0.2) is 53.5 Å². The summed E-state index contributed by atoms with van der Waals surface area (Å²) in [6, 6.07) is 16.3. The number of aliphatic imine (C=N–C) groups is 1. The van der Waals surface area contributed by atoms with Gasteiger partial charge in [-0.1, -0.05) is 37.3 Å². The average molecular weight is 295 g/mol. The van der Waals surface area contributed by atoms with E-state index in [4.69, 9.17) is 10.5 Å². The van der Waals surface area contributed by atoms with Crippen molar-refractivity contribution in [2.24, 2.45) is 10.7 Å². The smallest absolute Gasteiger partial charge is 0.193 e. The molecule has 3 rings (SSSR count). The minimum Gasteiger partial charge on any atom is -0.488 e. The molecule has 0 spiro atoms. The van der Waals surface area contributed by atoms with E-state index in [1.165, 1.54) is 11.1 Å². The lowest BCUT2D eigenvalue weighted by Crippen LogP contribution is -2.26. The zero-order valence-corrected chi connectivity index (χ0v) is 12.8. The van der Waals surface area contributed by atoms with Gasteiger partial charge in [-0.3, -0.25) is 0 Å². The van der Waals surface area contributed by atoms with Crippen molar-refractivity contribution in [3.63, 3.8) is 0 Å². The molecular formula is C18H21N3O. The van der Waals surface area contributed by atoms with Crippen LogP contribution in [-0.2, 0) is 12.8 Å². The second-order valence-electron chi connectivity index (χ2n) is 5.46. The number of nitrogens with one attached hydrogen (secondary N) is 1. The molecule has 1 heterocycles. The number of nitrogens with two attached hydrogens (primary N) is 1. The topological polar surface area (TPSA) is 59.6 Å². The number of ether oxygens (including phenoxy) is 1. The summed E-state index contributed by atoms with van der Waals surface area (Å²) < 4.78 is 5.85. The predicted molar refractivity (Wildman–Crippen MR) is 90.5 cm³/mol. The molecule has 0 saturated heterocycles. The van der Waals surface area contributed by atoms with Gasteiger partial charge in [-0.15, -0.1) is 0 Å². The van der Waals surface area contributed by atoms with Gasteiger partial charge in [0.2, 0.25) is 0 Å². The second kappa shape index (κ2) is 6.52. The first-order valence-corrected chi connectivity index (χ1v) is 7.65. The summed E-state index contributed by atoms with van der Waals surface area (Å²) in [5, 5.41) is 3.13. The third kappa shape index (κ3) is 3.39. The van der Waals surface area contributed by atoms with Crippen molar-refractivity contribution < 1.29 is 4.74 Å². The van der Waals surface area contributed by atoms with Crippen molar-refractivity contribution in [3.8, 4) is 5.75 Å². The zero-order valence-electron chi connectivity index (χ0n) is 12.8. The highest BCUT2D eigenvalue weighted by molar-refractivity contribution is 5.92. The Hall–Kier alpha value is -2.49. The number of nitrogens with zero attached hydrogens (tertiary/aromatic N) is 1. The number of fused-ring (bicyclic) bond motifs is 1. The molecule has 0 fully saturated rings. The molecule has 0 bridgehead atoms. The molecule has 1 aliphatic heterocycles. The molecule has 1 atom stereocenters. The molecule has 1 aliphatic rings. The number of benzene rings is 2. The van der Waals surface area contributed by atoms with E-state index < -0.39 is 0 Å². The molecule has 0 aromatic heterocycles. The monoisotopic (exact) mass is 295 g/mol. The minimum atomic E-state index is 0.0692. The fourth-order valence-electron chi connectivity index (χ4n) is 2.61. The van der Waals surface area contributed by atoms with Gasteiger partial charge in [-0.2, -0.15) is 0 Å². The molecule has 4 nitrogen and oxygen atoms in total. The van der Waals surface area contributed by atoms with Crippen LogP contribution in [0.2, 0.25) is 0 Å². The minimum absolute atomic E-state index is 0.0692. The van der Waals surface area contributed by atoms with Crippen LogP contribution in [0.3, 0.4) is 0 Å². The zero-order chi connectivity index (χ0) is 15.4. The van der Waals surface area contributed by atoms with Crippen molar-refractivity contribution in [3.05, 3.63) is 59.7 Å². The van der Waals surface area contributed by atoms with Crippen LogP contribution in [0.4, 0.5) is 5.69 Å². The number of para-hydroxylation sites is 1. The van der Waals surface area contributed by atoms with Gasteiger partial charge in [0.15, 0.2) is 5.96 Å². The van der Waals surface area contributed by atoms with Gasteiger partial charge in [0, 0.05) is 12.1 Å². The predicted octanol–water partition coefficient (Wildman–Crippen LogP) is 2.98. The van der Waals surface area contributed by atoms with Crippen LogP contribution in [0.5, 0.6) is 5.75 Å². The van der Waals surface area contributed by atoms with E-state index in [9.17, 15) is 0 Å². The molecular weight excluding hydrogens is 274 g/mol. The molecule has 4 heteroatoms. The van der Waals surface area contributed by atoms with E-state index in [0.717, 1.165) is 24.3 Å². The Morgan fingerprint density at radius 3 is 2.95 bits per heavy atom. The molecule has 3 N–H and O–H groups in total. The lowest BCUT2D eigenvalue weighted by atomic mass is 10.1. The molecule has 2 aromatic carbocycles. The molecule has 1 unspecified atom stereocenters. The van der Waals surface area contributed by atoms with E-state index in [0.29, 0.717) is 12.5 Å². The fourth-order valence-corrected chi connectivity index (χ4v) is 2.61. The van der Waals surface area contributed by atoms with Crippen molar-refractivity contribution in [2.75, 3.05) is 11.9 Å². The number of hydrogen-bond acceptors (Lipinski definition) is 2. The maximum Gasteiger partial charge on any atom is 0.193 e. The summed E-state index contributed by atoms with van der Waals surface area (Å²) >= 11 is 0. The first-order chi connectivity index (χ1) is 10.7. The van der Waals surface area contributed by atoms with Gasteiger partial charge in [0.05, 0.1) is 6.54 Å². The Bertz CT molecular complexity index is 657. The first-order valence-electron chi connectivity index (χ1n) is 7.65. The van der Waals surface area contributed by atoms with E-state index >= 15 is 0 Å². The van der Waals surface area contributed by atoms with Gasteiger partial charge in [0.1, 0.15) is 11.9 Å². The summed E-state index contributed by atoms with van der Waals surface area (Å²) in [6.07, 6.45) is 1.96. The second-order valence-corrected chi connectivity index (χ2v) is 5.46. The molecule has 0 saturated carbocycles. The molecule has 0 aliphatic carbocycles. The third-order valence-electron chi connectivity index (χ3n) is 3.79. The average Bonchev–Trinajstić information content (AvgIpc) is 2.96. The summed E-state index contributed by atoms with van der Waals surface area (Å²) in [4.78, 5) is 4.40. The SMILES string of the molecule is CCc1cccc(NC(N)=NCC2Cc3ccccc3O2)c1. The highest BCUT2D eigenvalue weighted by Gasteiger charge is 2.21. The van der Waals surface area contributed by atoms with E-state index in [1.54, 1.807) is 0 Å². The van der Waals surface area contributed by atoms with E-state index in [1.807, 2.05) is 30.3 Å². The van der Waals surface area contributed by atoms with Gasteiger partial charge in [0.25, 0.3) is 0 Å². The molecule has 22 heavy (non-hydrogen) atoms. The number of rotatable bonds is 4. The maximum atomic E-state index is 5.96. The van der Waals surface area contributed by atoms with E-state index in [2.05, 4.69) is 35.4 Å². The highest BCUT2D eigenvalue weighted by atomic mass is 16.5. The van der Waals surface area contributed by atoms with Gasteiger partial charge < -0.3 is 15.8 Å². The Labute approximate surface area is 131 Å². The van der Waals surface area contributed by atoms with Crippen LogP contribution < -0.4 is 15.8 Å². The first kappa shape index (κ1) is 14.4. The van der Waals surface area contributed by atoms with Crippen molar-refractivity contribution >= 4 is 11.6 Å². The fraction of sp³-hybridized carbons (Fsp3) is 0.278. The molecule has 0 amide bonds. The lowest BCUT2D eigenvalue weighted by molar-refractivity contribution is 0.242. The summed E-state index contributed by atoms with van der Waals surface area (Å²) in [6.45, 7) is 2.69. The third-order valence-corrected chi connectivity index (χ3v) is 3.79. The standard InChI is InChI=1S/C18H21N3O/c1-2-13-6-5-8-15(10-13)21-18(19)20-12-16-11-14-7-3-4-9-17(14)22-16/h3-10,16H,2,11-12H2,1H3,(H3,19,20,21). The lowest BCUT2D eigenvalue weighted by Gasteiger charge is -2.10. The normalized spacial score (nSPS) is 17.0. The van der Waals surface area contributed by atoms with E-state index in [-0.39, 0.29) is 6.10 Å². The molecule has 0 radical (unpaired) electrons. The largest absolute Gasteiger partial charge is 0.488 e. The Morgan fingerprint density at radius 2 is 2.14 bits per heavy atom. The number of aryl methyl sites for hydroxylation is 1. The maximum absolute atomic E-state index is 5.96. The van der Waals surface area contributed by atoms with Crippen LogP contribution in [0.1, 0.15) is 18.1 Å². The van der Waals surface area contributed by atoms with Gasteiger partial charge in [-0.05, 0) is 35.7 Å². The highest BCUT2D eigenvalue weighted by Crippen LogP contribution is 2.28. The van der Waals surface area contributed by atoms with Crippen LogP contribution >= 0.6 is 0 Å². The van der Waals surface area contributed by atoms with Crippen LogP contribution in [0.25, 0.3) is 0 Å². The van der Waals surface area contributed by atoms with Crippen LogP contribution in [-0.4, -0.2) is 18.6 Å². The Kier molecular flexibility index (Phi) is 4.28. The Balaban J connectivity index is 1.57. The molecule has 2 aromatic rings. The summed E-state index contributed by atoms with van der Waals surface area (Å²) in [5.74, 6) is 1.39. The number of anilines is 1. The summed E-state index contributed by atoms with van der Waals surface area (Å²) in [5.41, 5.74) is 9.44. The summed E-state index contributed by atoms with van der Waals surface area (Å²) in [7, 11) is 0. The molecule has 114 valence electrons. The Morgan fingerprint density at radius 1 is 1.27 bits per heavy atom. The van der Waals surface area contributed by atoms with Gasteiger partial charge in [-0.25, -0.2) is 4.99 Å². The number of guanidine groups is 1. The number of hydrogen-bond donors (Lipinski definition) is 2. The van der Waals surface area contributed by atoms with Crippen LogP contribution in [0, 0.1) is 0 Å². The van der Waals surface area contributed by atoms with Crippen molar-refractivity contribution in [1.82, 2.24) is 0 Å². The van der Waals surface area contributed by atoms with Crippen molar-refractivity contribution in [2.45, 2.75) is 25.9 Å². The quantitative estimate of drug-likeness (QED) is 0.673. The van der Waals surface area contributed by atoms with Gasteiger partial charge >= 0.3 is 0 Å².